The Labute approximate surface area is 186 Å². The molecule has 0 spiro atoms. The molecule has 0 atom stereocenters. The summed E-state index contributed by atoms with van der Waals surface area (Å²) >= 11 is 0. The van der Waals surface area contributed by atoms with E-state index in [4.69, 9.17) is 4.99 Å². The Morgan fingerprint density at radius 3 is 2.58 bits per heavy atom. The Hall–Kier alpha value is -2.69. The summed E-state index contributed by atoms with van der Waals surface area (Å²) in [5, 5.41) is 3.25. The number of amidine groups is 1. The minimum Gasteiger partial charge on any atom is -0.381 e. The van der Waals surface area contributed by atoms with Crippen molar-refractivity contribution in [2.75, 3.05) is 13.1 Å². The van der Waals surface area contributed by atoms with Crippen molar-refractivity contribution < 1.29 is 8.78 Å². The topological polar surface area (TPSA) is 27.6 Å². The predicted octanol–water partition coefficient (Wildman–Crippen LogP) is 6.58. The van der Waals surface area contributed by atoms with E-state index in [2.05, 4.69) is 37.9 Å². The quantitative estimate of drug-likeness (QED) is 0.475. The van der Waals surface area contributed by atoms with Crippen molar-refractivity contribution in [3.8, 4) is 0 Å². The van der Waals surface area contributed by atoms with E-state index in [9.17, 15) is 8.78 Å². The van der Waals surface area contributed by atoms with Gasteiger partial charge in [0.2, 0.25) is 0 Å². The van der Waals surface area contributed by atoms with Crippen molar-refractivity contribution in [2.45, 2.75) is 60.4 Å². The van der Waals surface area contributed by atoms with Crippen molar-refractivity contribution in [3.05, 3.63) is 82.2 Å². The molecule has 31 heavy (non-hydrogen) atoms. The molecule has 3 nitrogen and oxygen atoms in total. The number of hydrogen-bond donors (Lipinski definition) is 1. The first kappa shape index (κ1) is 24.6. The van der Waals surface area contributed by atoms with Gasteiger partial charge in [-0.15, -0.1) is 0 Å². The Kier molecular flexibility index (Phi) is 9.22. The largest absolute Gasteiger partial charge is 0.381 e. The third-order valence-electron chi connectivity index (χ3n) is 5.55. The second-order valence-electron chi connectivity index (χ2n) is 7.91. The van der Waals surface area contributed by atoms with Gasteiger partial charge in [0, 0.05) is 25.2 Å². The van der Waals surface area contributed by atoms with Crippen LogP contribution in [0.2, 0.25) is 0 Å². The van der Waals surface area contributed by atoms with Crippen LogP contribution in [-0.2, 0) is 6.54 Å². The summed E-state index contributed by atoms with van der Waals surface area (Å²) in [6.07, 6.45) is 9.57. The molecule has 2 rings (SSSR count). The van der Waals surface area contributed by atoms with Crippen molar-refractivity contribution in [2.24, 2.45) is 4.99 Å². The maximum absolute atomic E-state index is 14.5. The highest BCUT2D eigenvalue weighted by Crippen LogP contribution is 2.23. The Balaban J connectivity index is 2.39. The molecular formula is C26H35F2N3. The van der Waals surface area contributed by atoms with Gasteiger partial charge in [-0.3, -0.25) is 0 Å². The highest BCUT2D eigenvalue weighted by Gasteiger charge is 2.23. The summed E-state index contributed by atoms with van der Waals surface area (Å²) < 4.78 is 28.5. The second kappa shape index (κ2) is 11.6. The van der Waals surface area contributed by atoms with E-state index in [1.165, 1.54) is 17.7 Å². The maximum Gasteiger partial charge on any atom is 0.152 e. The number of benzene rings is 1. The normalized spacial score (nSPS) is 17.4. The first-order valence-electron chi connectivity index (χ1n) is 11.0. The zero-order chi connectivity index (χ0) is 23.0. The van der Waals surface area contributed by atoms with Crippen LogP contribution in [0.15, 0.2) is 64.5 Å². The van der Waals surface area contributed by atoms with E-state index >= 15 is 0 Å². The molecule has 1 heterocycles. The molecule has 0 saturated carbocycles. The molecule has 0 amide bonds. The summed E-state index contributed by atoms with van der Waals surface area (Å²) in [6, 6.07) is 2.36. The van der Waals surface area contributed by atoms with Crippen LogP contribution in [0.5, 0.6) is 0 Å². The lowest BCUT2D eigenvalue weighted by atomic mass is 10.0. The van der Waals surface area contributed by atoms with Crippen LogP contribution >= 0.6 is 0 Å². The van der Waals surface area contributed by atoms with Gasteiger partial charge < -0.3 is 10.2 Å². The van der Waals surface area contributed by atoms with Gasteiger partial charge >= 0.3 is 0 Å². The zero-order valence-electron chi connectivity index (χ0n) is 19.5. The van der Waals surface area contributed by atoms with Gasteiger partial charge in [-0.25, -0.2) is 13.8 Å². The van der Waals surface area contributed by atoms with Gasteiger partial charge in [0.15, 0.2) is 5.84 Å². The molecule has 1 fully saturated rings. The summed E-state index contributed by atoms with van der Waals surface area (Å²) in [6.45, 7) is 15.5. The first-order chi connectivity index (χ1) is 14.8. The highest BCUT2D eigenvalue weighted by atomic mass is 19.1. The lowest BCUT2D eigenvalue weighted by Gasteiger charge is -2.33. The number of hydrogen-bond acceptors (Lipinski definition) is 2. The van der Waals surface area contributed by atoms with Gasteiger partial charge in [-0.2, -0.15) is 0 Å². The van der Waals surface area contributed by atoms with Crippen molar-refractivity contribution in [1.29, 1.82) is 0 Å². The molecule has 1 aliphatic heterocycles. The molecule has 0 aliphatic carbocycles. The summed E-state index contributed by atoms with van der Waals surface area (Å²) in [7, 11) is 0. The molecule has 0 bridgehead atoms. The van der Waals surface area contributed by atoms with Crippen LogP contribution < -0.4 is 5.32 Å². The van der Waals surface area contributed by atoms with Gasteiger partial charge in [-0.05, 0) is 63.8 Å². The fraction of sp³-hybridized carbons (Fsp3) is 0.423. The minimum absolute atomic E-state index is 0.239. The molecule has 0 radical (unpaired) electrons. The molecule has 0 aromatic heterocycles. The van der Waals surface area contributed by atoms with Crippen LogP contribution in [0, 0.1) is 18.6 Å². The van der Waals surface area contributed by atoms with Crippen molar-refractivity contribution >= 4 is 5.84 Å². The highest BCUT2D eigenvalue weighted by molar-refractivity contribution is 5.98. The number of piperazine rings is 1. The van der Waals surface area contributed by atoms with E-state index in [1.54, 1.807) is 6.92 Å². The molecule has 1 aromatic carbocycles. The van der Waals surface area contributed by atoms with Crippen LogP contribution in [0.3, 0.4) is 0 Å². The SMILES string of the molecule is C=C1NCCN(Cc2c(F)ccc(F)c2C)C1=NC(=C\C)/C(/C=C(/C)CCCC)=C/C. The van der Waals surface area contributed by atoms with Gasteiger partial charge in [0.05, 0.1) is 11.4 Å². The molecule has 1 aliphatic rings. The monoisotopic (exact) mass is 427 g/mol. The first-order valence-corrected chi connectivity index (χ1v) is 11.0. The van der Waals surface area contributed by atoms with Crippen molar-refractivity contribution in [3.63, 3.8) is 0 Å². The maximum atomic E-state index is 14.5. The predicted molar refractivity (Wildman–Crippen MR) is 127 cm³/mol. The molecule has 1 aromatic rings. The van der Waals surface area contributed by atoms with Crippen LogP contribution in [0.25, 0.3) is 0 Å². The zero-order valence-corrected chi connectivity index (χ0v) is 19.5. The Morgan fingerprint density at radius 2 is 1.94 bits per heavy atom. The van der Waals surface area contributed by atoms with E-state index in [1.807, 2.05) is 24.8 Å². The Morgan fingerprint density at radius 1 is 1.23 bits per heavy atom. The molecule has 1 N–H and O–H groups in total. The summed E-state index contributed by atoms with van der Waals surface area (Å²) in [5.74, 6) is -0.152. The number of unbranched alkanes of at least 4 members (excludes halogenated alkanes) is 1. The fourth-order valence-electron chi connectivity index (χ4n) is 3.60. The van der Waals surface area contributed by atoms with Gasteiger partial charge in [-0.1, -0.05) is 43.7 Å². The molecule has 168 valence electrons. The Bertz CT molecular complexity index is 923. The standard InChI is InChI=1S/C26H35F2N3/c1-7-10-11-18(4)16-21(8-2)25(9-3)30-26-20(6)29-14-15-31(26)17-22-19(5)23(27)12-13-24(22)28/h8-9,12-13,16,29H,6-7,10-11,14-15,17H2,1-5H3/b18-16-,21-8+,25-9-,30-26?. The molecular weight excluding hydrogens is 392 g/mol. The summed E-state index contributed by atoms with van der Waals surface area (Å²) in [4.78, 5) is 6.88. The third-order valence-corrected chi connectivity index (χ3v) is 5.55. The average molecular weight is 428 g/mol. The van der Waals surface area contributed by atoms with Crippen LogP contribution in [0.4, 0.5) is 8.78 Å². The van der Waals surface area contributed by atoms with Gasteiger partial charge in [0.25, 0.3) is 0 Å². The second-order valence-corrected chi connectivity index (χ2v) is 7.91. The average Bonchev–Trinajstić information content (AvgIpc) is 2.76. The van der Waals surface area contributed by atoms with Crippen LogP contribution in [0.1, 0.15) is 58.1 Å². The van der Waals surface area contributed by atoms with E-state index in [-0.39, 0.29) is 6.54 Å². The molecule has 0 unspecified atom stereocenters. The lowest BCUT2D eigenvalue weighted by Crippen LogP contribution is -2.46. The van der Waals surface area contributed by atoms with Crippen molar-refractivity contribution in [1.82, 2.24) is 10.2 Å². The number of nitrogens with one attached hydrogen (secondary N) is 1. The number of rotatable bonds is 8. The van der Waals surface area contributed by atoms with E-state index in [0.717, 1.165) is 30.5 Å². The smallest absolute Gasteiger partial charge is 0.152 e. The summed E-state index contributed by atoms with van der Waals surface area (Å²) in [5.41, 5.74) is 4.55. The number of halogens is 2. The minimum atomic E-state index is -0.405. The number of allylic oxidation sites excluding steroid dienone is 4. The van der Waals surface area contributed by atoms with Gasteiger partial charge in [0.1, 0.15) is 11.6 Å². The number of nitrogens with zero attached hydrogens (tertiary/aromatic N) is 2. The number of aliphatic imine (C=N–C) groups is 1. The van der Waals surface area contributed by atoms with Crippen LogP contribution in [-0.4, -0.2) is 23.8 Å². The molecule has 1 saturated heterocycles. The van der Waals surface area contributed by atoms with E-state index in [0.29, 0.717) is 35.7 Å². The third kappa shape index (κ3) is 6.39. The van der Waals surface area contributed by atoms with E-state index < -0.39 is 11.6 Å². The fourth-order valence-corrected chi connectivity index (χ4v) is 3.60. The lowest BCUT2D eigenvalue weighted by molar-refractivity contribution is 0.380. The molecule has 5 heteroatoms.